The second kappa shape index (κ2) is 6.67. The second-order valence-electron chi connectivity index (χ2n) is 6.32. The number of fused-ring (bicyclic) bond motifs is 3. The Balaban J connectivity index is 2.17. The lowest BCUT2D eigenvalue weighted by Gasteiger charge is -2.26. The Morgan fingerprint density at radius 2 is 2.00 bits per heavy atom. The Bertz CT molecular complexity index is 834. The summed E-state index contributed by atoms with van der Waals surface area (Å²) in [5.74, 6) is 0.202. The first-order valence-corrected chi connectivity index (χ1v) is 8.57. The molecule has 5 nitrogen and oxygen atoms in total. The summed E-state index contributed by atoms with van der Waals surface area (Å²) >= 11 is 0. The number of benzene rings is 1. The molecule has 0 saturated heterocycles. The number of rotatable bonds is 5. The molecule has 0 radical (unpaired) electrons. The van der Waals surface area contributed by atoms with E-state index in [-0.39, 0.29) is 35.2 Å². The third kappa shape index (κ3) is 2.90. The highest BCUT2D eigenvalue weighted by molar-refractivity contribution is 6.11. The van der Waals surface area contributed by atoms with Crippen LogP contribution < -0.4 is 10.4 Å². The van der Waals surface area contributed by atoms with Crippen molar-refractivity contribution in [1.82, 2.24) is 0 Å². The van der Waals surface area contributed by atoms with Gasteiger partial charge < -0.3 is 14.3 Å². The molecule has 1 aromatic carbocycles. The first-order valence-electron chi connectivity index (χ1n) is 8.57. The maximum atomic E-state index is 12.6. The van der Waals surface area contributed by atoms with E-state index in [1.165, 1.54) is 12.1 Å². The topological polar surface area (TPSA) is 76.7 Å². The molecule has 0 aliphatic carbocycles. The SMILES string of the molecule is CCCCC1CC(=O)c2c(cc(O)c3c(CCC)cc(=O)oc23)O1. The van der Waals surface area contributed by atoms with Crippen LogP contribution >= 0.6 is 0 Å². The van der Waals surface area contributed by atoms with Crippen LogP contribution in [-0.4, -0.2) is 17.0 Å². The van der Waals surface area contributed by atoms with Crippen molar-refractivity contribution >= 4 is 16.8 Å². The van der Waals surface area contributed by atoms with Crippen LogP contribution in [0, 0.1) is 0 Å². The molecule has 5 heteroatoms. The summed E-state index contributed by atoms with van der Waals surface area (Å²) in [7, 11) is 0. The van der Waals surface area contributed by atoms with Gasteiger partial charge in [0.05, 0.1) is 5.39 Å². The molecule has 0 fully saturated rings. The number of carbonyl (C=O) groups is 1. The van der Waals surface area contributed by atoms with E-state index in [2.05, 4.69) is 6.92 Å². The van der Waals surface area contributed by atoms with Crippen molar-refractivity contribution in [2.45, 2.75) is 58.5 Å². The Labute approximate surface area is 140 Å². The number of aryl methyl sites for hydroxylation is 1. The van der Waals surface area contributed by atoms with E-state index >= 15 is 0 Å². The van der Waals surface area contributed by atoms with Crippen molar-refractivity contribution in [3.63, 3.8) is 0 Å². The molecule has 2 heterocycles. The second-order valence-corrected chi connectivity index (χ2v) is 6.32. The van der Waals surface area contributed by atoms with Gasteiger partial charge in [-0.2, -0.15) is 0 Å². The fraction of sp³-hybridized carbons (Fsp3) is 0.474. The van der Waals surface area contributed by atoms with Crippen LogP contribution in [0.5, 0.6) is 11.5 Å². The molecule has 0 saturated carbocycles. The van der Waals surface area contributed by atoms with Crippen molar-refractivity contribution < 1.29 is 19.1 Å². The zero-order valence-electron chi connectivity index (χ0n) is 14.1. The Hall–Kier alpha value is -2.30. The van der Waals surface area contributed by atoms with Crippen molar-refractivity contribution in [3.8, 4) is 11.5 Å². The van der Waals surface area contributed by atoms with Crippen LogP contribution in [-0.2, 0) is 6.42 Å². The van der Waals surface area contributed by atoms with E-state index in [0.717, 1.165) is 25.7 Å². The van der Waals surface area contributed by atoms with E-state index in [1.807, 2.05) is 6.92 Å². The fourth-order valence-corrected chi connectivity index (χ4v) is 3.32. The molecule has 1 aliphatic heterocycles. The zero-order valence-corrected chi connectivity index (χ0v) is 14.1. The monoisotopic (exact) mass is 330 g/mol. The standard InChI is InChI=1S/C19H22O5/c1-3-5-7-12-9-13(20)18-15(23-12)10-14(21)17-11(6-4-2)8-16(22)24-19(17)18/h8,10,12,21H,3-7,9H2,1-2H3. The van der Waals surface area contributed by atoms with Gasteiger partial charge in [0.25, 0.3) is 0 Å². The van der Waals surface area contributed by atoms with Gasteiger partial charge in [-0.15, -0.1) is 0 Å². The minimum Gasteiger partial charge on any atom is -0.507 e. The van der Waals surface area contributed by atoms with E-state index in [0.29, 0.717) is 23.1 Å². The molecular weight excluding hydrogens is 308 g/mol. The summed E-state index contributed by atoms with van der Waals surface area (Å²) in [5, 5.41) is 10.9. The summed E-state index contributed by atoms with van der Waals surface area (Å²) in [6.07, 6.45) is 4.32. The van der Waals surface area contributed by atoms with Gasteiger partial charge in [0, 0.05) is 18.6 Å². The van der Waals surface area contributed by atoms with Crippen molar-refractivity contribution in [1.29, 1.82) is 0 Å². The predicted octanol–water partition coefficient (Wildman–Crippen LogP) is 3.98. The number of unbranched alkanes of at least 4 members (excludes halogenated alkanes) is 1. The quantitative estimate of drug-likeness (QED) is 0.839. The van der Waals surface area contributed by atoms with Crippen LogP contribution in [0.3, 0.4) is 0 Å². The normalized spacial score (nSPS) is 16.9. The molecule has 1 atom stereocenters. The van der Waals surface area contributed by atoms with E-state index < -0.39 is 5.63 Å². The molecule has 128 valence electrons. The molecule has 0 amide bonds. The first kappa shape index (κ1) is 16.6. The molecule has 1 aliphatic rings. The number of carbonyl (C=O) groups excluding carboxylic acids is 1. The maximum absolute atomic E-state index is 12.6. The van der Waals surface area contributed by atoms with Gasteiger partial charge in [0.1, 0.15) is 23.2 Å². The number of hydrogen-bond acceptors (Lipinski definition) is 5. The number of aromatic hydroxyl groups is 1. The summed E-state index contributed by atoms with van der Waals surface area (Å²) in [4.78, 5) is 24.5. The smallest absolute Gasteiger partial charge is 0.336 e. The number of ether oxygens (including phenoxy) is 1. The summed E-state index contributed by atoms with van der Waals surface area (Å²) in [6, 6.07) is 2.86. The number of hydrogen-bond donors (Lipinski definition) is 1. The van der Waals surface area contributed by atoms with Crippen molar-refractivity contribution in [3.05, 3.63) is 33.7 Å². The van der Waals surface area contributed by atoms with Gasteiger partial charge in [0.2, 0.25) is 0 Å². The molecule has 1 aromatic heterocycles. The van der Waals surface area contributed by atoms with Crippen LogP contribution in [0.25, 0.3) is 11.0 Å². The largest absolute Gasteiger partial charge is 0.507 e. The summed E-state index contributed by atoms with van der Waals surface area (Å²) in [6.45, 7) is 4.07. The van der Waals surface area contributed by atoms with Gasteiger partial charge in [-0.3, -0.25) is 4.79 Å². The Morgan fingerprint density at radius 3 is 2.71 bits per heavy atom. The first-order chi connectivity index (χ1) is 11.5. The summed E-state index contributed by atoms with van der Waals surface area (Å²) < 4.78 is 11.2. The molecule has 24 heavy (non-hydrogen) atoms. The van der Waals surface area contributed by atoms with Gasteiger partial charge in [-0.25, -0.2) is 4.79 Å². The van der Waals surface area contributed by atoms with Crippen molar-refractivity contribution in [2.75, 3.05) is 0 Å². The molecule has 1 N–H and O–H groups in total. The summed E-state index contributed by atoms with van der Waals surface area (Å²) in [5.41, 5.74) is 0.620. The van der Waals surface area contributed by atoms with Gasteiger partial charge >= 0.3 is 5.63 Å². The van der Waals surface area contributed by atoms with Crippen molar-refractivity contribution in [2.24, 2.45) is 0 Å². The lowest BCUT2D eigenvalue weighted by molar-refractivity contribution is 0.0836. The number of ketones is 1. The number of phenols is 1. The number of phenolic OH excluding ortho intramolecular Hbond substituents is 1. The van der Waals surface area contributed by atoms with Crippen LogP contribution in [0.2, 0.25) is 0 Å². The highest BCUT2D eigenvalue weighted by Gasteiger charge is 2.31. The highest BCUT2D eigenvalue weighted by Crippen LogP contribution is 2.40. The minimum absolute atomic E-state index is 0.0140. The molecule has 2 aromatic rings. The van der Waals surface area contributed by atoms with Crippen LogP contribution in [0.15, 0.2) is 21.3 Å². The van der Waals surface area contributed by atoms with E-state index in [4.69, 9.17) is 9.15 Å². The van der Waals surface area contributed by atoms with Crippen LogP contribution in [0.1, 0.15) is 61.9 Å². The highest BCUT2D eigenvalue weighted by atomic mass is 16.5. The Morgan fingerprint density at radius 1 is 1.21 bits per heavy atom. The average molecular weight is 330 g/mol. The van der Waals surface area contributed by atoms with Gasteiger partial charge in [0.15, 0.2) is 11.4 Å². The third-order valence-electron chi connectivity index (χ3n) is 4.42. The van der Waals surface area contributed by atoms with E-state index in [1.54, 1.807) is 0 Å². The predicted molar refractivity (Wildman–Crippen MR) is 91.0 cm³/mol. The van der Waals surface area contributed by atoms with E-state index in [9.17, 15) is 14.7 Å². The van der Waals surface area contributed by atoms with Gasteiger partial charge in [-0.1, -0.05) is 33.1 Å². The minimum atomic E-state index is -0.514. The molecular formula is C19H22O5. The molecule has 3 rings (SSSR count). The molecule has 0 spiro atoms. The fourth-order valence-electron chi connectivity index (χ4n) is 3.32. The van der Waals surface area contributed by atoms with Crippen LogP contribution in [0.4, 0.5) is 0 Å². The number of Topliss-reactive ketones (excluding diaryl/α,β-unsaturated/α-hetero) is 1. The third-order valence-corrected chi connectivity index (χ3v) is 4.42. The molecule has 0 bridgehead atoms. The van der Waals surface area contributed by atoms with Gasteiger partial charge in [-0.05, 0) is 18.4 Å². The molecule has 1 unspecified atom stereocenters. The Kier molecular flexibility index (Phi) is 4.60. The zero-order chi connectivity index (χ0) is 17.3. The lowest BCUT2D eigenvalue weighted by atomic mass is 9.94. The average Bonchev–Trinajstić information content (AvgIpc) is 2.52. The lowest BCUT2D eigenvalue weighted by Crippen LogP contribution is -2.27. The maximum Gasteiger partial charge on any atom is 0.336 e.